The lowest BCUT2D eigenvalue weighted by Crippen LogP contribution is -2.47. The van der Waals surface area contributed by atoms with E-state index in [4.69, 9.17) is 9.84 Å². The molecular formula is C15H17NO4. The third-order valence-electron chi connectivity index (χ3n) is 3.97. The van der Waals surface area contributed by atoms with Crippen molar-refractivity contribution >= 4 is 11.9 Å². The summed E-state index contributed by atoms with van der Waals surface area (Å²) >= 11 is 0. The summed E-state index contributed by atoms with van der Waals surface area (Å²) in [6, 6.07) is 5.85. The van der Waals surface area contributed by atoms with Crippen LogP contribution in [0.3, 0.4) is 0 Å². The number of carboxylic acids is 1. The van der Waals surface area contributed by atoms with Gasteiger partial charge in [0.05, 0.1) is 18.9 Å². The molecule has 1 saturated carbocycles. The van der Waals surface area contributed by atoms with E-state index in [0.29, 0.717) is 25.9 Å². The number of aliphatic carboxylic acids is 1. The Morgan fingerprint density at radius 3 is 2.90 bits per heavy atom. The number of nitrogens with one attached hydrogen (secondary N) is 1. The van der Waals surface area contributed by atoms with Crippen LogP contribution in [0.25, 0.3) is 0 Å². The van der Waals surface area contributed by atoms with Gasteiger partial charge in [-0.25, -0.2) is 0 Å². The van der Waals surface area contributed by atoms with E-state index in [9.17, 15) is 9.59 Å². The molecular weight excluding hydrogens is 258 g/mol. The molecule has 1 aliphatic heterocycles. The Hall–Kier alpha value is -2.04. The van der Waals surface area contributed by atoms with Gasteiger partial charge in [0.15, 0.2) is 0 Å². The van der Waals surface area contributed by atoms with Gasteiger partial charge in [-0.2, -0.15) is 0 Å². The molecule has 1 fully saturated rings. The standard InChI is InChI=1S/C15H17NO4/c17-14(16-12-7-11(8-12)15(18)19)6-9-1-2-13-10(5-9)3-4-20-13/h1-2,5,11-12H,3-4,6-8H2,(H,16,17)(H,18,19). The smallest absolute Gasteiger partial charge is 0.306 e. The first-order valence-electron chi connectivity index (χ1n) is 6.88. The van der Waals surface area contributed by atoms with E-state index >= 15 is 0 Å². The van der Waals surface area contributed by atoms with Crippen LogP contribution >= 0.6 is 0 Å². The number of carbonyl (C=O) groups is 2. The number of carbonyl (C=O) groups excluding carboxylic acids is 1. The fourth-order valence-corrected chi connectivity index (χ4v) is 2.75. The number of hydrogen-bond acceptors (Lipinski definition) is 3. The van der Waals surface area contributed by atoms with Crippen molar-refractivity contribution in [2.24, 2.45) is 5.92 Å². The molecule has 0 bridgehead atoms. The van der Waals surface area contributed by atoms with Gasteiger partial charge in [-0.3, -0.25) is 9.59 Å². The molecule has 0 saturated heterocycles. The Morgan fingerprint density at radius 2 is 2.15 bits per heavy atom. The molecule has 1 amide bonds. The monoisotopic (exact) mass is 275 g/mol. The van der Waals surface area contributed by atoms with Gasteiger partial charge in [-0.15, -0.1) is 0 Å². The zero-order valence-corrected chi connectivity index (χ0v) is 11.1. The number of amides is 1. The van der Waals surface area contributed by atoms with E-state index in [2.05, 4.69) is 5.32 Å². The molecule has 2 aliphatic rings. The Labute approximate surface area is 116 Å². The van der Waals surface area contributed by atoms with Gasteiger partial charge in [0, 0.05) is 12.5 Å². The lowest BCUT2D eigenvalue weighted by atomic mass is 9.80. The first-order valence-corrected chi connectivity index (χ1v) is 6.88. The summed E-state index contributed by atoms with van der Waals surface area (Å²) in [6.45, 7) is 0.712. The summed E-state index contributed by atoms with van der Waals surface area (Å²) in [5, 5.41) is 11.7. The number of fused-ring (bicyclic) bond motifs is 1. The minimum atomic E-state index is -0.769. The summed E-state index contributed by atoms with van der Waals surface area (Å²) in [6.07, 6.45) is 2.31. The van der Waals surface area contributed by atoms with Crippen molar-refractivity contribution in [3.63, 3.8) is 0 Å². The molecule has 3 rings (SSSR count). The fourth-order valence-electron chi connectivity index (χ4n) is 2.75. The van der Waals surface area contributed by atoms with Crippen LogP contribution in [-0.4, -0.2) is 29.6 Å². The second-order valence-corrected chi connectivity index (χ2v) is 5.49. The Morgan fingerprint density at radius 1 is 1.35 bits per heavy atom. The number of ether oxygens (including phenoxy) is 1. The number of rotatable bonds is 4. The van der Waals surface area contributed by atoms with Gasteiger partial charge in [0.25, 0.3) is 0 Å². The van der Waals surface area contributed by atoms with Crippen LogP contribution in [0.4, 0.5) is 0 Å². The summed E-state index contributed by atoms with van der Waals surface area (Å²) in [7, 11) is 0. The maximum atomic E-state index is 11.9. The van der Waals surface area contributed by atoms with Crippen molar-refractivity contribution in [1.29, 1.82) is 0 Å². The molecule has 0 atom stereocenters. The molecule has 20 heavy (non-hydrogen) atoms. The highest BCUT2D eigenvalue weighted by molar-refractivity contribution is 5.79. The summed E-state index contributed by atoms with van der Waals surface area (Å²) in [5.74, 6) is -0.193. The molecule has 5 nitrogen and oxygen atoms in total. The van der Waals surface area contributed by atoms with E-state index in [0.717, 1.165) is 23.3 Å². The third-order valence-corrected chi connectivity index (χ3v) is 3.97. The summed E-state index contributed by atoms with van der Waals surface area (Å²) < 4.78 is 5.43. The molecule has 2 N–H and O–H groups in total. The number of benzene rings is 1. The van der Waals surface area contributed by atoms with Crippen LogP contribution in [0.5, 0.6) is 5.75 Å². The topological polar surface area (TPSA) is 75.6 Å². The van der Waals surface area contributed by atoms with E-state index in [1.54, 1.807) is 0 Å². The van der Waals surface area contributed by atoms with Crippen LogP contribution in [0.15, 0.2) is 18.2 Å². The zero-order valence-electron chi connectivity index (χ0n) is 11.1. The lowest BCUT2D eigenvalue weighted by molar-refractivity contribution is -0.146. The summed E-state index contributed by atoms with van der Waals surface area (Å²) in [4.78, 5) is 22.6. The first kappa shape index (κ1) is 13.0. The fraction of sp³-hybridized carbons (Fsp3) is 0.467. The summed E-state index contributed by atoms with van der Waals surface area (Å²) in [5.41, 5.74) is 2.13. The molecule has 1 aromatic rings. The maximum absolute atomic E-state index is 11.9. The quantitative estimate of drug-likeness (QED) is 0.864. The number of carboxylic acid groups (broad SMARTS) is 1. The van der Waals surface area contributed by atoms with Crippen LogP contribution in [0, 0.1) is 5.92 Å². The zero-order chi connectivity index (χ0) is 14.1. The average Bonchev–Trinajstić information content (AvgIpc) is 2.80. The second kappa shape index (κ2) is 5.15. The van der Waals surface area contributed by atoms with Crippen molar-refractivity contribution in [3.05, 3.63) is 29.3 Å². The van der Waals surface area contributed by atoms with Gasteiger partial charge in [0.2, 0.25) is 5.91 Å². The molecule has 0 aromatic heterocycles. The van der Waals surface area contributed by atoms with Gasteiger partial charge in [0.1, 0.15) is 5.75 Å². The van der Waals surface area contributed by atoms with Crippen molar-refractivity contribution in [2.75, 3.05) is 6.61 Å². The second-order valence-electron chi connectivity index (χ2n) is 5.49. The number of hydrogen-bond donors (Lipinski definition) is 2. The highest BCUT2D eigenvalue weighted by atomic mass is 16.5. The van der Waals surface area contributed by atoms with Gasteiger partial charge in [-0.05, 0) is 30.0 Å². The first-order chi connectivity index (χ1) is 9.61. The van der Waals surface area contributed by atoms with Crippen molar-refractivity contribution in [1.82, 2.24) is 5.32 Å². The average molecular weight is 275 g/mol. The van der Waals surface area contributed by atoms with Gasteiger partial charge >= 0.3 is 5.97 Å². The van der Waals surface area contributed by atoms with Crippen LogP contribution in [0.2, 0.25) is 0 Å². The van der Waals surface area contributed by atoms with E-state index in [-0.39, 0.29) is 17.9 Å². The van der Waals surface area contributed by atoms with Gasteiger partial charge in [-0.1, -0.05) is 12.1 Å². The largest absolute Gasteiger partial charge is 0.493 e. The maximum Gasteiger partial charge on any atom is 0.306 e. The highest BCUT2D eigenvalue weighted by Crippen LogP contribution is 2.28. The van der Waals surface area contributed by atoms with E-state index < -0.39 is 5.97 Å². The molecule has 0 radical (unpaired) electrons. The van der Waals surface area contributed by atoms with Crippen LogP contribution in [-0.2, 0) is 22.4 Å². The molecule has 1 heterocycles. The minimum Gasteiger partial charge on any atom is -0.493 e. The normalized spacial score (nSPS) is 23.4. The highest BCUT2D eigenvalue weighted by Gasteiger charge is 2.35. The molecule has 106 valence electrons. The molecule has 1 aromatic carbocycles. The molecule has 5 heteroatoms. The Bertz CT molecular complexity index is 549. The minimum absolute atomic E-state index is 0.0151. The molecule has 1 aliphatic carbocycles. The van der Waals surface area contributed by atoms with Crippen LogP contribution in [0.1, 0.15) is 24.0 Å². The van der Waals surface area contributed by atoms with Crippen molar-refractivity contribution in [3.8, 4) is 5.75 Å². The lowest BCUT2D eigenvalue weighted by Gasteiger charge is -2.32. The Balaban J connectivity index is 1.51. The van der Waals surface area contributed by atoms with E-state index in [1.165, 1.54) is 0 Å². The molecule has 0 spiro atoms. The third kappa shape index (κ3) is 2.61. The van der Waals surface area contributed by atoms with E-state index in [1.807, 2.05) is 18.2 Å². The van der Waals surface area contributed by atoms with Crippen molar-refractivity contribution in [2.45, 2.75) is 31.7 Å². The predicted octanol–water partition coefficient (Wildman–Crippen LogP) is 1.14. The Kier molecular flexibility index (Phi) is 3.34. The van der Waals surface area contributed by atoms with Crippen LogP contribution < -0.4 is 10.1 Å². The molecule has 0 unspecified atom stereocenters. The SMILES string of the molecule is O=C(Cc1ccc2c(c1)CCO2)NC1CC(C(=O)O)C1. The predicted molar refractivity (Wildman–Crippen MR) is 71.6 cm³/mol. The van der Waals surface area contributed by atoms with Gasteiger partial charge < -0.3 is 15.2 Å². The van der Waals surface area contributed by atoms with Crippen molar-refractivity contribution < 1.29 is 19.4 Å².